The fraction of sp³-hybridized carbons (Fsp3) is 0.227. The monoisotopic (exact) mass is 393 g/mol. The van der Waals surface area contributed by atoms with E-state index in [9.17, 15) is 8.42 Å². The van der Waals surface area contributed by atoms with Crippen molar-refractivity contribution < 1.29 is 8.42 Å². The SMILES string of the molecule is O=S(=O)(CCc1ccccc1)Nc1ccc(N2CCc3ccccc3C2)cn1. The molecule has 0 bridgehead atoms. The van der Waals surface area contributed by atoms with Crippen LogP contribution in [0.3, 0.4) is 0 Å². The molecule has 3 aromatic rings. The molecule has 1 aliphatic rings. The minimum Gasteiger partial charge on any atom is -0.366 e. The van der Waals surface area contributed by atoms with E-state index in [2.05, 4.69) is 38.9 Å². The Balaban J connectivity index is 1.38. The number of anilines is 2. The lowest BCUT2D eigenvalue weighted by Gasteiger charge is -2.30. The molecule has 0 atom stereocenters. The lowest BCUT2D eigenvalue weighted by atomic mass is 10.00. The van der Waals surface area contributed by atoms with E-state index in [0.29, 0.717) is 12.2 Å². The average molecular weight is 394 g/mol. The van der Waals surface area contributed by atoms with Crippen LogP contribution >= 0.6 is 0 Å². The normalized spacial score (nSPS) is 13.8. The fourth-order valence-electron chi connectivity index (χ4n) is 3.46. The van der Waals surface area contributed by atoms with Crippen molar-refractivity contribution in [3.05, 3.63) is 89.6 Å². The zero-order valence-corrected chi connectivity index (χ0v) is 16.4. The summed E-state index contributed by atoms with van der Waals surface area (Å²) >= 11 is 0. The Labute approximate surface area is 166 Å². The molecule has 0 saturated heterocycles. The summed E-state index contributed by atoms with van der Waals surface area (Å²) < 4.78 is 27.2. The first kappa shape index (κ1) is 18.5. The van der Waals surface area contributed by atoms with Crippen LogP contribution in [0.1, 0.15) is 16.7 Å². The third kappa shape index (κ3) is 4.51. The van der Waals surface area contributed by atoms with E-state index in [1.54, 1.807) is 12.3 Å². The molecule has 0 saturated carbocycles. The van der Waals surface area contributed by atoms with Crippen LogP contribution in [0.25, 0.3) is 0 Å². The minimum absolute atomic E-state index is 0.0311. The van der Waals surface area contributed by atoms with Gasteiger partial charge in [-0.25, -0.2) is 13.4 Å². The number of nitrogens with zero attached hydrogens (tertiary/aromatic N) is 2. The van der Waals surface area contributed by atoms with E-state index in [-0.39, 0.29) is 5.75 Å². The smallest absolute Gasteiger partial charge is 0.234 e. The first-order valence-electron chi connectivity index (χ1n) is 9.41. The molecular weight excluding hydrogens is 370 g/mol. The molecule has 0 spiro atoms. The van der Waals surface area contributed by atoms with Crippen molar-refractivity contribution in [2.75, 3.05) is 21.9 Å². The van der Waals surface area contributed by atoms with E-state index in [4.69, 9.17) is 0 Å². The van der Waals surface area contributed by atoms with Crippen molar-refractivity contribution in [3.8, 4) is 0 Å². The summed E-state index contributed by atoms with van der Waals surface area (Å²) in [5.74, 6) is 0.387. The molecule has 0 unspecified atom stereocenters. The molecule has 0 aliphatic carbocycles. The number of aromatic nitrogens is 1. The highest BCUT2D eigenvalue weighted by molar-refractivity contribution is 7.92. The molecule has 1 N–H and O–H groups in total. The third-order valence-corrected chi connectivity index (χ3v) is 6.27. The Morgan fingerprint density at radius 3 is 2.43 bits per heavy atom. The maximum absolute atomic E-state index is 12.3. The van der Waals surface area contributed by atoms with Gasteiger partial charge in [0.1, 0.15) is 5.82 Å². The Hall–Kier alpha value is -2.86. The number of hydrogen-bond donors (Lipinski definition) is 1. The minimum atomic E-state index is -3.44. The van der Waals surface area contributed by atoms with Gasteiger partial charge >= 0.3 is 0 Å². The number of sulfonamides is 1. The van der Waals surface area contributed by atoms with Crippen molar-refractivity contribution in [1.82, 2.24) is 4.98 Å². The Kier molecular flexibility index (Phi) is 5.30. The molecule has 2 heterocycles. The number of aryl methyl sites for hydroxylation is 1. The summed E-state index contributed by atoms with van der Waals surface area (Å²) in [4.78, 5) is 6.58. The van der Waals surface area contributed by atoms with Crippen LogP contribution in [0.4, 0.5) is 11.5 Å². The highest BCUT2D eigenvalue weighted by Gasteiger charge is 2.17. The highest BCUT2D eigenvalue weighted by Crippen LogP contribution is 2.24. The summed E-state index contributed by atoms with van der Waals surface area (Å²) in [6, 6.07) is 21.7. The average Bonchev–Trinajstić information content (AvgIpc) is 2.73. The van der Waals surface area contributed by atoms with Gasteiger partial charge in [0.05, 0.1) is 17.6 Å². The number of hydrogen-bond acceptors (Lipinski definition) is 4. The molecule has 4 rings (SSSR count). The van der Waals surface area contributed by atoms with E-state index in [1.165, 1.54) is 11.1 Å². The largest absolute Gasteiger partial charge is 0.366 e. The van der Waals surface area contributed by atoms with Gasteiger partial charge in [-0.05, 0) is 41.7 Å². The summed E-state index contributed by atoms with van der Waals surface area (Å²) in [5, 5.41) is 0. The van der Waals surface area contributed by atoms with Crippen LogP contribution in [-0.4, -0.2) is 25.7 Å². The van der Waals surface area contributed by atoms with Crippen molar-refractivity contribution in [2.24, 2.45) is 0 Å². The predicted octanol–water partition coefficient (Wildman–Crippen LogP) is 3.63. The van der Waals surface area contributed by atoms with Gasteiger partial charge in [0.15, 0.2) is 0 Å². The Morgan fingerprint density at radius 2 is 1.68 bits per heavy atom. The van der Waals surface area contributed by atoms with Gasteiger partial charge in [-0.2, -0.15) is 0 Å². The lowest BCUT2D eigenvalue weighted by molar-refractivity contribution is 0.600. The van der Waals surface area contributed by atoms with Crippen molar-refractivity contribution in [2.45, 2.75) is 19.4 Å². The summed E-state index contributed by atoms with van der Waals surface area (Å²) in [5.41, 5.74) is 4.73. The Bertz CT molecular complexity index is 1030. The number of rotatable bonds is 6. The molecule has 0 fully saturated rings. The molecule has 0 amide bonds. The van der Waals surface area contributed by atoms with Crippen LogP contribution in [0.2, 0.25) is 0 Å². The zero-order chi connectivity index (χ0) is 19.4. The third-order valence-electron chi connectivity index (χ3n) is 5.01. The van der Waals surface area contributed by atoms with E-state index >= 15 is 0 Å². The molecule has 2 aromatic carbocycles. The number of benzene rings is 2. The number of pyridine rings is 1. The predicted molar refractivity (Wildman–Crippen MR) is 113 cm³/mol. The van der Waals surface area contributed by atoms with Crippen molar-refractivity contribution in [3.63, 3.8) is 0 Å². The van der Waals surface area contributed by atoms with Crippen LogP contribution in [0.15, 0.2) is 72.9 Å². The van der Waals surface area contributed by atoms with Crippen LogP contribution in [-0.2, 0) is 29.4 Å². The Morgan fingerprint density at radius 1 is 0.929 bits per heavy atom. The summed E-state index contributed by atoms with van der Waals surface area (Å²) in [6.45, 7) is 1.78. The molecular formula is C22H23N3O2S. The number of fused-ring (bicyclic) bond motifs is 1. The molecule has 5 nitrogen and oxygen atoms in total. The fourth-order valence-corrected chi connectivity index (χ4v) is 4.50. The van der Waals surface area contributed by atoms with Gasteiger partial charge in [0.2, 0.25) is 10.0 Å². The highest BCUT2D eigenvalue weighted by atomic mass is 32.2. The van der Waals surface area contributed by atoms with Gasteiger partial charge in [0.25, 0.3) is 0 Å². The molecule has 1 aromatic heterocycles. The van der Waals surface area contributed by atoms with Crippen molar-refractivity contribution in [1.29, 1.82) is 0 Å². The second-order valence-electron chi connectivity index (χ2n) is 7.00. The first-order chi connectivity index (χ1) is 13.6. The van der Waals surface area contributed by atoms with Gasteiger partial charge in [-0.15, -0.1) is 0 Å². The molecule has 28 heavy (non-hydrogen) atoms. The molecule has 6 heteroatoms. The summed E-state index contributed by atoms with van der Waals surface area (Å²) in [7, 11) is -3.44. The number of nitrogens with one attached hydrogen (secondary N) is 1. The molecule has 1 aliphatic heterocycles. The second kappa shape index (κ2) is 8.02. The topological polar surface area (TPSA) is 62.3 Å². The van der Waals surface area contributed by atoms with Crippen LogP contribution < -0.4 is 9.62 Å². The first-order valence-corrected chi connectivity index (χ1v) is 11.1. The quantitative estimate of drug-likeness (QED) is 0.695. The van der Waals surface area contributed by atoms with E-state index < -0.39 is 10.0 Å². The summed E-state index contributed by atoms with van der Waals surface area (Å²) in [6.07, 6.45) is 3.22. The maximum atomic E-state index is 12.3. The maximum Gasteiger partial charge on any atom is 0.234 e. The van der Waals surface area contributed by atoms with Crippen molar-refractivity contribution >= 4 is 21.5 Å². The van der Waals surface area contributed by atoms with E-state index in [0.717, 1.165) is 30.8 Å². The lowest BCUT2D eigenvalue weighted by Crippen LogP contribution is -2.30. The molecule has 0 radical (unpaired) electrons. The van der Waals surface area contributed by atoms with Gasteiger partial charge in [-0.3, -0.25) is 4.72 Å². The van der Waals surface area contributed by atoms with Gasteiger partial charge in [-0.1, -0.05) is 54.6 Å². The van der Waals surface area contributed by atoms with Gasteiger partial charge < -0.3 is 4.90 Å². The van der Waals surface area contributed by atoms with Crippen LogP contribution in [0.5, 0.6) is 0 Å². The zero-order valence-electron chi connectivity index (χ0n) is 15.6. The molecule has 144 valence electrons. The van der Waals surface area contributed by atoms with Crippen LogP contribution in [0, 0.1) is 0 Å². The second-order valence-corrected chi connectivity index (χ2v) is 8.84. The van der Waals surface area contributed by atoms with E-state index in [1.807, 2.05) is 36.4 Å². The van der Waals surface area contributed by atoms with Gasteiger partial charge in [0, 0.05) is 13.1 Å². The standard InChI is InChI=1S/C22H23N3O2S/c26-28(27,15-13-18-6-2-1-3-7-18)24-22-11-10-21(16-23-22)25-14-12-19-8-4-5-9-20(19)17-25/h1-11,16H,12-15,17H2,(H,23,24).